The number of hydrogen-bond donors (Lipinski definition) is 3. The van der Waals surface area contributed by atoms with Gasteiger partial charge in [0, 0.05) is 12.6 Å². The Kier molecular flexibility index (Phi) is 9.09. The molecular formula is C13H28N2O2. The first-order valence-electron chi connectivity index (χ1n) is 6.73. The first-order chi connectivity index (χ1) is 8.04. The molecule has 0 aliphatic heterocycles. The van der Waals surface area contributed by atoms with Crippen molar-refractivity contribution in [2.24, 2.45) is 5.92 Å². The summed E-state index contributed by atoms with van der Waals surface area (Å²) < 4.78 is 0. The van der Waals surface area contributed by atoms with Gasteiger partial charge in [-0.15, -0.1) is 0 Å². The van der Waals surface area contributed by atoms with Gasteiger partial charge in [-0.05, 0) is 19.3 Å². The number of rotatable bonds is 9. The van der Waals surface area contributed by atoms with Gasteiger partial charge >= 0.3 is 0 Å². The summed E-state index contributed by atoms with van der Waals surface area (Å²) in [6, 6.07) is 0.216. The van der Waals surface area contributed by atoms with E-state index in [4.69, 9.17) is 0 Å². The van der Waals surface area contributed by atoms with E-state index in [1.54, 1.807) is 0 Å². The molecule has 17 heavy (non-hydrogen) atoms. The molecule has 0 aliphatic carbocycles. The Hall–Kier alpha value is -0.610. The first-order valence-corrected chi connectivity index (χ1v) is 6.73. The third-order valence-corrected chi connectivity index (χ3v) is 3.25. The topological polar surface area (TPSA) is 61.4 Å². The summed E-state index contributed by atoms with van der Waals surface area (Å²) in [5, 5.41) is 15.7. The molecule has 1 amide bonds. The van der Waals surface area contributed by atoms with Gasteiger partial charge in [0.15, 0.2) is 0 Å². The smallest absolute Gasteiger partial charge is 0.234 e. The molecule has 0 aliphatic rings. The Morgan fingerprint density at radius 1 is 1.18 bits per heavy atom. The molecule has 0 bridgehead atoms. The number of carbonyl (C=O) groups excluding carboxylic acids is 1. The van der Waals surface area contributed by atoms with Gasteiger partial charge in [-0.25, -0.2) is 0 Å². The summed E-state index contributed by atoms with van der Waals surface area (Å²) in [5.41, 5.74) is 0. The Morgan fingerprint density at radius 2 is 1.76 bits per heavy atom. The van der Waals surface area contributed by atoms with E-state index in [2.05, 4.69) is 24.5 Å². The van der Waals surface area contributed by atoms with Crippen LogP contribution in [-0.2, 0) is 4.79 Å². The highest BCUT2D eigenvalue weighted by molar-refractivity contribution is 5.78. The zero-order valence-electron chi connectivity index (χ0n) is 11.6. The van der Waals surface area contributed by atoms with Crippen LogP contribution < -0.4 is 10.6 Å². The number of nitrogens with one attached hydrogen (secondary N) is 2. The van der Waals surface area contributed by atoms with E-state index in [0.29, 0.717) is 12.5 Å². The molecule has 2 unspecified atom stereocenters. The summed E-state index contributed by atoms with van der Waals surface area (Å²) in [7, 11) is 0. The second kappa shape index (κ2) is 9.42. The highest BCUT2D eigenvalue weighted by Gasteiger charge is 2.15. The molecule has 0 aromatic carbocycles. The highest BCUT2D eigenvalue weighted by Crippen LogP contribution is 2.11. The van der Waals surface area contributed by atoms with Gasteiger partial charge in [0.1, 0.15) is 0 Å². The Bertz CT molecular complexity index is 206. The van der Waals surface area contributed by atoms with Gasteiger partial charge in [-0.1, -0.05) is 33.6 Å². The van der Waals surface area contributed by atoms with E-state index in [0.717, 1.165) is 19.3 Å². The maximum absolute atomic E-state index is 11.4. The monoisotopic (exact) mass is 244 g/mol. The minimum Gasteiger partial charge on any atom is -0.392 e. The number of aliphatic hydroxyl groups excluding tert-OH is 1. The van der Waals surface area contributed by atoms with Gasteiger partial charge in [-0.2, -0.15) is 0 Å². The van der Waals surface area contributed by atoms with Crippen LogP contribution in [0.4, 0.5) is 0 Å². The third-order valence-electron chi connectivity index (χ3n) is 3.25. The molecule has 0 spiro atoms. The molecule has 4 heteroatoms. The summed E-state index contributed by atoms with van der Waals surface area (Å²) >= 11 is 0. The zero-order chi connectivity index (χ0) is 13.3. The average Bonchev–Trinajstić information content (AvgIpc) is 2.30. The second-order valence-electron chi connectivity index (χ2n) is 4.65. The lowest BCUT2D eigenvalue weighted by Crippen LogP contribution is -2.41. The number of amides is 1. The molecule has 0 heterocycles. The summed E-state index contributed by atoms with van der Waals surface area (Å²) in [5.74, 6) is 0.316. The fraction of sp³-hybridized carbons (Fsp3) is 0.923. The molecule has 0 fully saturated rings. The molecule has 0 saturated heterocycles. The summed E-state index contributed by atoms with van der Waals surface area (Å²) in [6.45, 7) is 8.94. The highest BCUT2D eigenvalue weighted by atomic mass is 16.3. The number of carbonyl (C=O) groups is 1. The summed E-state index contributed by atoms with van der Waals surface area (Å²) in [4.78, 5) is 11.4. The normalized spacial score (nSPS) is 14.7. The van der Waals surface area contributed by atoms with E-state index in [9.17, 15) is 9.90 Å². The van der Waals surface area contributed by atoms with Crippen LogP contribution in [0.2, 0.25) is 0 Å². The molecule has 2 atom stereocenters. The first kappa shape index (κ1) is 16.4. The predicted molar refractivity (Wildman–Crippen MR) is 70.8 cm³/mol. The number of aliphatic hydroxyl groups is 1. The van der Waals surface area contributed by atoms with Crippen molar-refractivity contribution in [2.45, 2.75) is 59.1 Å². The molecule has 102 valence electrons. The van der Waals surface area contributed by atoms with Crippen molar-refractivity contribution in [2.75, 3.05) is 13.1 Å². The summed E-state index contributed by atoms with van der Waals surface area (Å²) in [6.07, 6.45) is 2.51. The van der Waals surface area contributed by atoms with Crippen LogP contribution in [0.25, 0.3) is 0 Å². The van der Waals surface area contributed by atoms with Crippen molar-refractivity contribution in [3.63, 3.8) is 0 Å². The van der Waals surface area contributed by atoms with Crippen LogP contribution in [0.3, 0.4) is 0 Å². The Morgan fingerprint density at radius 3 is 2.24 bits per heavy atom. The largest absolute Gasteiger partial charge is 0.392 e. The molecular weight excluding hydrogens is 216 g/mol. The van der Waals surface area contributed by atoms with Crippen LogP contribution in [0.5, 0.6) is 0 Å². The van der Waals surface area contributed by atoms with Crippen LogP contribution in [0.1, 0.15) is 47.0 Å². The third kappa shape index (κ3) is 7.34. The van der Waals surface area contributed by atoms with E-state index in [-0.39, 0.29) is 24.6 Å². The molecule has 0 rings (SSSR count). The minimum absolute atomic E-state index is 0.00361. The fourth-order valence-electron chi connectivity index (χ4n) is 1.76. The van der Waals surface area contributed by atoms with Gasteiger partial charge < -0.3 is 15.7 Å². The Labute approximate surface area is 105 Å². The van der Waals surface area contributed by atoms with Crippen molar-refractivity contribution >= 4 is 5.91 Å². The van der Waals surface area contributed by atoms with Crippen LogP contribution in [-0.4, -0.2) is 36.2 Å². The van der Waals surface area contributed by atoms with Gasteiger partial charge in [-0.3, -0.25) is 4.79 Å². The van der Waals surface area contributed by atoms with Crippen molar-refractivity contribution in [1.29, 1.82) is 0 Å². The van der Waals surface area contributed by atoms with Crippen molar-refractivity contribution < 1.29 is 9.90 Å². The predicted octanol–water partition coefficient (Wildman–Crippen LogP) is 1.29. The average molecular weight is 244 g/mol. The lowest BCUT2D eigenvalue weighted by molar-refractivity contribution is -0.120. The quantitative estimate of drug-likeness (QED) is 0.573. The van der Waals surface area contributed by atoms with Crippen LogP contribution in [0.15, 0.2) is 0 Å². The van der Waals surface area contributed by atoms with Crippen molar-refractivity contribution in [3.05, 3.63) is 0 Å². The van der Waals surface area contributed by atoms with Crippen LogP contribution in [0, 0.1) is 5.92 Å². The minimum atomic E-state index is -0.360. The SMILES string of the molecule is CCC(C)NC(=O)CNCC(O)C(CC)CC. The zero-order valence-corrected chi connectivity index (χ0v) is 11.6. The molecule has 0 radical (unpaired) electrons. The number of hydrogen-bond acceptors (Lipinski definition) is 3. The maximum atomic E-state index is 11.4. The molecule has 0 saturated carbocycles. The second-order valence-corrected chi connectivity index (χ2v) is 4.65. The van der Waals surface area contributed by atoms with Crippen molar-refractivity contribution in [3.8, 4) is 0 Å². The van der Waals surface area contributed by atoms with Gasteiger partial charge in [0.2, 0.25) is 5.91 Å². The standard InChI is InChI=1S/C13H28N2O2/c1-5-10(4)15-13(17)9-14-8-12(16)11(6-2)7-3/h10-12,14,16H,5-9H2,1-4H3,(H,15,17). The lowest BCUT2D eigenvalue weighted by atomic mass is 9.97. The van der Waals surface area contributed by atoms with E-state index >= 15 is 0 Å². The van der Waals surface area contributed by atoms with Crippen molar-refractivity contribution in [1.82, 2.24) is 10.6 Å². The lowest BCUT2D eigenvalue weighted by Gasteiger charge is -2.20. The van der Waals surface area contributed by atoms with Gasteiger partial charge in [0.25, 0.3) is 0 Å². The molecule has 3 N–H and O–H groups in total. The van der Waals surface area contributed by atoms with E-state index < -0.39 is 0 Å². The molecule has 4 nitrogen and oxygen atoms in total. The fourth-order valence-corrected chi connectivity index (χ4v) is 1.76. The Balaban J connectivity index is 3.72. The van der Waals surface area contributed by atoms with E-state index in [1.807, 2.05) is 13.8 Å². The van der Waals surface area contributed by atoms with Gasteiger partial charge in [0.05, 0.1) is 12.6 Å². The molecule has 0 aromatic rings. The van der Waals surface area contributed by atoms with Crippen LogP contribution >= 0.6 is 0 Å². The molecule has 0 aromatic heterocycles. The van der Waals surface area contributed by atoms with E-state index in [1.165, 1.54) is 0 Å². The maximum Gasteiger partial charge on any atom is 0.234 e.